The summed E-state index contributed by atoms with van der Waals surface area (Å²) in [5.41, 5.74) is -2.74. The molecule has 0 atom stereocenters. The number of rotatable bonds is 5. The van der Waals surface area contributed by atoms with Crippen LogP contribution in [0.4, 0.5) is 0 Å². The highest BCUT2D eigenvalue weighted by molar-refractivity contribution is 5.88. The molecule has 0 bridgehead atoms. The summed E-state index contributed by atoms with van der Waals surface area (Å²) in [5.74, 6) is -5.02. The van der Waals surface area contributed by atoms with E-state index < -0.39 is 36.4 Å². The van der Waals surface area contributed by atoms with Crippen LogP contribution in [-0.2, 0) is 14.4 Å². The first-order valence-electron chi connectivity index (χ1n) is 8.72. The highest BCUT2D eigenvalue weighted by atomic mass is 16.4. The van der Waals surface area contributed by atoms with E-state index in [-0.39, 0.29) is 0 Å². The monoisotopic (exact) mass is 429 g/mol. The second-order valence-electron chi connectivity index (χ2n) is 5.55. The lowest BCUT2D eigenvalue weighted by atomic mass is 9.96. The summed E-state index contributed by atoms with van der Waals surface area (Å²) >= 11 is 0. The number of aliphatic carboxylic acids is 3. The molecule has 0 amide bonds. The molecule has 3 rings (SSSR count). The Morgan fingerprint density at radius 3 is 0.903 bits per heavy atom. The van der Waals surface area contributed by atoms with Gasteiger partial charge in [-0.15, -0.1) is 0 Å². The van der Waals surface area contributed by atoms with Gasteiger partial charge in [0.05, 0.1) is 12.8 Å². The normalized spacial score (nSPS) is 9.19. The third-order valence-corrected chi connectivity index (χ3v) is 2.98. The van der Waals surface area contributed by atoms with Crippen LogP contribution in [0.1, 0.15) is 12.8 Å². The second kappa shape index (κ2) is 16.7. The van der Waals surface area contributed by atoms with Crippen molar-refractivity contribution in [2.75, 3.05) is 0 Å². The maximum atomic E-state index is 10.3. The average Bonchev–Trinajstić information content (AvgIpc) is 2.77. The molecular formula is C21H23N3O7. The van der Waals surface area contributed by atoms with Crippen LogP contribution in [0.15, 0.2) is 91.8 Å². The van der Waals surface area contributed by atoms with Gasteiger partial charge in [-0.25, -0.2) is 4.79 Å². The number of carboxylic acid groups (broad SMARTS) is 3. The lowest BCUT2D eigenvalue weighted by Gasteiger charge is -2.18. The maximum Gasteiger partial charge on any atom is 0.336 e. The Morgan fingerprint density at radius 2 is 0.806 bits per heavy atom. The number of pyridine rings is 3. The van der Waals surface area contributed by atoms with E-state index in [0.29, 0.717) is 0 Å². The van der Waals surface area contributed by atoms with Crippen LogP contribution in [0.2, 0.25) is 0 Å². The van der Waals surface area contributed by atoms with E-state index in [1.807, 2.05) is 54.6 Å². The molecule has 0 unspecified atom stereocenters. The van der Waals surface area contributed by atoms with Crippen LogP contribution in [-0.4, -0.2) is 58.9 Å². The average molecular weight is 429 g/mol. The van der Waals surface area contributed by atoms with Gasteiger partial charge in [0.25, 0.3) is 0 Å². The van der Waals surface area contributed by atoms with E-state index in [0.717, 1.165) is 0 Å². The summed E-state index contributed by atoms with van der Waals surface area (Å²) in [6.45, 7) is 0. The van der Waals surface area contributed by atoms with Crippen molar-refractivity contribution in [1.29, 1.82) is 0 Å². The van der Waals surface area contributed by atoms with Crippen LogP contribution in [0.5, 0.6) is 0 Å². The van der Waals surface area contributed by atoms with Crippen molar-refractivity contribution in [3.63, 3.8) is 0 Å². The van der Waals surface area contributed by atoms with Crippen LogP contribution < -0.4 is 0 Å². The smallest absolute Gasteiger partial charge is 0.336 e. The molecule has 0 saturated heterocycles. The molecule has 0 fully saturated rings. The van der Waals surface area contributed by atoms with E-state index in [1.54, 1.807) is 37.2 Å². The van der Waals surface area contributed by atoms with Crippen molar-refractivity contribution in [1.82, 2.24) is 15.0 Å². The van der Waals surface area contributed by atoms with Gasteiger partial charge in [0.2, 0.25) is 0 Å². The molecule has 164 valence electrons. The van der Waals surface area contributed by atoms with Crippen molar-refractivity contribution in [3.05, 3.63) is 91.8 Å². The van der Waals surface area contributed by atoms with Crippen LogP contribution >= 0.6 is 0 Å². The van der Waals surface area contributed by atoms with Gasteiger partial charge in [-0.1, -0.05) is 18.2 Å². The van der Waals surface area contributed by atoms with E-state index >= 15 is 0 Å². The highest BCUT2D eigenvalue weighted by Crippen LogP contribution is 2.15. The molecule has 3 aromatic rings. The van der Waals surface area contributed by atoms with Crippen LogP contribution in [0.25, 0.3) is 0 Å². The number of aromatic nitrogens is 3. The van der Waals surface area contributed by atoms with Gasteiger partial charge in [0.1, 0.15) is 0 Å². The molecule has 0 saturated carbocycles. The van der Waals surface area contributed by atoms with Gasteiger partial charge >= 0.3 is 17.9 Å². The van der Waals surface area contributed by atoms with E-state index in [4.69, 9.17) is 20.4 Å². The zero-order valence-electron chi connectivity index (χ0n) is 16.4. The Hall–Kier alpha value is -4.18. The van der Waals surface area contributed by atoms with Crippen LogP contribution in [0.3, 0.4) is 0 Å². The Kier molecular flexibility index (Phi) is 14.5. The van der Waals surface area contributed by atoms with Crippen LogP contribution in [0, 0.1) is 0 Å². The predicted molar refractivity (Wildman–Crippen MR) is 110 cm³/mol. The van der Waals surface area contributed by atoms with Crippen molar-refractivity contribution < 1.29 is 34.8 Å². The fourth-order valence-corrected chi connectivity index (χ4v) is 1.65. The minimum absolute atomic E-state index is 1.14. The summed E-state index contributed by atoms with van der Waals surface area (Å²) in [5, 5.41) is 33.8. The van der Waals surface area contributed by atoms with Gasteiger partial charge in [-0.3, -0.25) is 24.5 Å². The van der Waals surface area contributed by atoms with Gasteiger partial charge in [-0.2, -0.15) is 0 Å². The molecule has 0 spiro atoms. The fourth-order valence-electron chi connectivity index (χ4n) is 1.65. The number of carboxylic acids is 3. The molecule has 10 nitrogen and oxygen atoms in total. The Morgan fingerprint density at radius 1 is 0.548 bits per heavy atom. The van der Waals surface area contributed by atoms with E-state index in [2.05, 4.69) is 15.0 Å². The second-order valence-corrected chi connectivity index (χ2v) is 5.55. The molecule has 0 aliphatic heterocycles. The summed E-state index contributed by atoms with van der Waals surface area (Å²) in [6.07, 6.45) is 8.21. The summed E-state index contributed by atoms with van der Waals surface area (Å²) < 4.78 is 0. The first kappa shape index (κ1) is 26.8. The van der Waals surface area contributed by atoms with Crippen molar-refractivity contribution >= 4 is 17.9 Å². The van der Waals surface area contributed by atoms with Gasteiger partial charge in [0, 0.05) is 37.2 Å². The van der Waals surface area contributed by atoms with Gasteiger partial charge in [-0.05, 0) is 36.4 Å². The molecule has 4 N–H and O–H groups in total. The molecule has 10 heteroatoms. The maximum absolute atomic E-state index is 10.3. The Bertz CT molecular complexity index is 680. The predicted octanol–water partition coefficient (Wildman–Crippen LogP) is 2.00. The van der Waals surface area contributed by atoms with E-state index in [9.17, 15) is 14.4 Å². The third-order valence-electron chi connectivity index (χ3n) is 2.98. The summed E-state index contributed by atoms with van der Waals surface area (Å²) in [7, 11) is 0. The largest absolute Gasteiger partial charge is 0.481 e. The number of hydrogen-bond acceptors (Lipinski definition) is 7. The highest BCUT2D eigenvalue weighted by Gasteiger charge is 2.40. The molecular weight excluding hydrogens is 406 g/mol. The van der Waals surface area contributed by atoms with Crippen molar-refractivity contribution in [2.45, 2.75) is 18.4 Å². The zero-order chi connectivity index (χ0) is 23.4. The molecule has 3 heterocycles. The number of hydrogen-bond donors (Lipinski definition) is 4. The molecule has 0 aliphatic carbocycles. The zero-order valence-corrected chi connectivity index (χ0v) is 16.4. The lowest BCUT2D eigenvalue weighted by molar-refractivity contribution is -0.170. The van der Waals surface area contributed by atoms with Gasteiger partial charge < -0.3 is 20.4 Å². The van der Waals surface area contributed by atoms with Crippen molar-refractivity contribution in [3.8, 4) is 0 Å². The Balaban J connectivity index is 0.000000416. The molecule has 0 radical (unpaired) electrons. The van der Waals surface area contributed by atoms with Gasteiger partial charge in [0.15, 0.2) is 5.60 Å². The first-order chi connectivity index (χ1) is 14.8. The first-order valence-corrected chi connectivity index (χ1v) is 8.72. The van der Waals surface area contributed by atoms with Crippen molar-refractivity contribution in [2.24, 2.45) is 0 Å². The quantitative estimate of drug-likeness (QED) is 0.470. The SMILES string of the molecule is O=C(O)CC(O)(CC(=O)O)C(=O)O.c1ccncc1.c1ccncc1.c1ccncc1. The summed E-state index contributed by atoms with van der Waals surface area (Å²) in [6, 6.07) is 17.1. The molecule has 0 aliphatic rings. The minimum Gasteiger partial charge on any atom is -0.481 e. The fraction of sp³-hybridized carbons (Fsp3) is 0.143. The molecule has 0 aromatic carbocycles. The van der Waals surface area contributed by atoms with E-state index in [1.165, 1.54) is 0 Å². The Labute approximate surface area is 178 Å². The lowest BCUT2D eigenvalue weighted by Crippen LogP contribution is -2.42. The molecule has 3 aromatic heterocycles. The molecule has 31 heavy (non-hydrogen) atoms. The topological polar surface area (TPSA) is 171 Å². The number of nitrogens with zero attached hydrogens (tertiary/aromatic N) is 3. The number of carbonyl (C=O) groups is 3. The number of aliphatic hydroxyl groups is 1. The standard InChI is InChI=1S/C6H8O7.3C5H5N/c7-3(8)1-6(13,5(11)12)2-4(9)10;3*1-2-4-6-5-3-1/h13H,1-2H2,(H,7,8)(H,9,10)(H,11,12);3*1-5H. The third kappa shape index (κ3) is 16.5. The summed E-state index contributed by atoms with van der Waals surface area (Å²) in [4.78, 5) is 41.8. The minimum atomic E-state index is -2.74.